The highest BCUT2D eigenvalue weighted by atomic mass is 32.2. The lowest BCUT2D eigenvalue weighted by atomic mass is 10.3. The summed E-state index contributed by atoms with van der Waals surface area (Å²) in [6.07, 6.45) is 0. The van der Waals surface area contributed by atoms with E-state index in [1.165, 1.54) is 0 Å². The second-order valence-electron chi connectivity index (χ2n) is 5.23. The molecule has 1 unspecified atom stereocenters. The summed E-state index contributed by atoms with van der Waals surface area (Å²) in [4.78, 5) is 2.15. The van der Waals surface area contributed by atoms with Crippen molar-refractivity contribution >= 4 is 10.0 Å². The van der Waals surface area contributed by atoms with Gasteiger partial charge in [0, 0.05) is 36.9 Å². The van der Waals surface area contributed by atoms with Crippen LogP contribution in [-0.4, -0.2) is 67.5 Å². The van der Waals surface area contributed by atoms with Gasteiger partial charge in [-0.15, -0.1) is 0 Å². The van der Waals surface area contributed by atoms with Gasteiger partial charge in [-0.05, 0) is 13.8 Å². The molecule has 8 nitrogen and oxygen atoms in total. The molecule has 0 aromatic carbocycles. The molecule has 0 radical (unpaired) electrons. The number of sulfonamides is 1. The fourth-order valence-electron chi connectivity index (χ4n) is 2.37. The highest BCUT2D eigenvalue weighted by Crippen LogP contribution is 2.16. The van der Waals surface area contributed by atoms with Crippen molar-refractivity contribution in [3.8, 4) is 0 Å². The van der Waals surface area contributed by atoms with Crippen molar-refractivity contribution in [2.75, 3.05) is 32.8 Å². The summed E-state index contributed by atoms with van der Waals surface area (Å²) in [6, 6.07) is -0.253. The zero-order valence-corrected chi connectivity index (χ0v) is 13.1. The molecule has 1 aliphatic heterocycles. The van der Waals surface area contributed by atoms with Crippen molar-refractivity contribution in [2.24, 2.45) is 0 Å². The lowest BCUT2D eigenvalue weighted by Gasteiger charge is -2.29. The quantitative estimate of drug-likeness (QED) is 0.634. The molecule has 1 aliphatic rings. The van der Waals surface area contributed by atoms with Crippen LogP contribution in [0.25, 0.3) is 0 Å². The fraction of sp³-hybridized carbons (Fsp3) is 0.750. The average molecular weight is 318 g/mol. The summed E-state index contributed by atoms with van der Waals surface area (Å²) in [6.45, 7) is 6.68. The summed E-state index contributed by atoms with van der Waals surface area (Å²) in [5.41, 5.74) is 0.861. The lowest BCUT2D eigenvalue weighted by molar-refractivity contribution is 0.0354. The number of aromatic amines is 1. The Morgan fingerprint density at radius 3 is 2.76 bits per heavy atom. The zero-order chi connectivity index (χ0) is 15.5. The number of nitrogens with one attached hydrogen (secondary N) is 2. The molecule has 21 heavy (non-hydrogen) atoms. The van der Waals surface area contributed by atoms with Crippen LogP contribution in [0, 0.1) is 6.92 Å². The summed E-state index contributed by atoms with van der Waals surface area (Å²) in [7, 11) is -3.74. The normalized spacial score (nSPS) is 18.8. The van der Waals surface area contributed by atoms with Gasteiger partial charge in [0.25, 0.3) is 10.0 Å². The second kappa shape index (κ2) is 6.84. The van der Waals surface area contributed by atoms with Crippen LogP contribution in [0.15, 0.2) is 5.03 Å². The van der Waals surface area contributed by atoms with Crippen LogP contribution in [0.2, 0.25) is 0 Å². The first-order valence-electron chi connectivity index (χ1n) is 6.91. The summed E-state index contributed by atoms with van der Waals surface area (Å²) >= 11 is 0. The Morgan fingerprint density at radius 2 is 2.14 bits per heavy atom. The third-order valence-electron chi connectivity index (χ3n) is 3.44. The van der Waals surface area contributed by atoms with Crippen molar-refractivity contribution in [1.82, 2.24) is 19.8 Å². The fourth-order valence-corrected chi connectivity index (χ4v) is 3.79. The number of aliphatic hydroxyl groups is 1. The molecule has 9 heteroatoms. The molecule has 120 valence electrons. The second-order valence-corrected chi connectivity index (χ2v) is 6.86. The molecule has 2 heterocycles. The number of aliphatic hydroxyl groups excluding tert-OH is 1. The van der Waals surface area contributed by atoms with E-state index >= 15 is 0 Å². The van der Waals surface area contributed by atoms with Crippen LogP contribution in [-0.2, 0) is 21.4 Å². The van der Waals surface area contributed by atoms with Crippen molar-refractivity contribution < 1.29 is 18.3 Å². The molecule has 0 spiro atoms. The molecule has 0 saturated carbocycles. The SMILES string of the molecule is Cc1[nH]nc(S(=O)(=O)NC(C)CN2CCOCC2)c1CO. The van der Waals surface area contributed by atoms with Crippen LogP contribution in [0.5, 0.6) is 0 Å². The van der Waals surface area contributed by atoms with E-state index in [9.17, 15) is 13.5 Å². The number of hydrogen-bond donors (Lipinski definition) is 3. The summed E-state index contributed by atoms with van der Waals surface area (Å²) < 4.78 is 32.5. The van der Waals surface area contributed by atoms with Gasteiger partial charge in [-0.3, -0.25) is 10.00 Å². The first-order valence-corrected chi connectivity index (χ1v) is 8.39. The van der Waals surface area contributed by atoms with E-state index in [-0.39, 0.29) is 17.7 Å². The van der Waals surface area contributed by atoms with Gasteiger partial charge < -0.3 is 9.84 Å². The van der Waals surface area contributed by atoms with Gasteiger partial charge in [-0.1, -0.05) is 0 Å². The average Bonchev–Trinajstić information content (AvgIpc) is 2.81. The molecule has 1 saturated heterocycles. The van der Waals surface area contributed by atoms with E-state index in [1.807, 2.05) is 6.92 Å². The Kier molecular flexibility index (Phi) is 5.33. The molecule has 1 aromatic rings. The first-order chi connectivity index (χ1) is 9.94. The number of hydrogen-bond acceptors (Lipinski definition) is 6. The standard InChI is InChI=1S/C12H22N4O4S/c1-9(7-16-3-5-20-6-4-16)15-21(18,19)12-11(8-17)10(2)13-14-12/h9,15,17H,3-8H2,1-2H3,(H,13,14). The Bertz CT molecular complexity index is 566. The number of nitrogens with zero attached hydrogens (tertiary/aromatic N) is 2. The summed E-state index contributed by atoms with van der Waals surface area (Å²) in [5, 5.41) is 15.5. The molecule has 1 atom stereocenters. The molecular weight excluding hydrogens is 296 g/mol. The molecule has 0 bridgehead atoms. The monoisotopic (exact) mass is 318 g/mol. The lowest BCUT2D eigenvalue weighted by Crippen LogP contribution is -2.46. The van der Waals surface area contributed by atoms with E-state index in [0.29, 0.717) is 31.0 Å². The van der Waals surface area contributed by atoms with Crippen LogP contribution >= 0.6 is 0 Å². The number of morpholine rings is 1. The highest BCUT2D eigenvalue weighted by molar-refractivity contribution is 7.89. The van der Waals surface area contributed by atoms with Crippen molar-refractivity contribution in [1.29, 1.82) is 0 Å². The van der Waals surface area contributed by atoms with E-state index in [2.05, 4.69) is 19.8 Å². The summed E-state index contributed by atoms with van der Waals surface area (Å²) in [5.74, 6) is 0. The molecule has 3 N–H and O–H groups in total. The van der Waals surface area contributed by atoms with Crippen LogP contribution in [0.1, 0.15) is 18.2 Å². The topological polar surface area (TPSA) is 108 Å². The Balaban J connectivity index is 2.02. The third-order valence-corrected chi connectivity index (χ3v) is 5.00. The Morgan fingerprint density at radius 1 is 1.48 bits per heavy atom. The van der Waals surface area contributed by atoms with E-state index < -0.39 is 10.0 Å². The van der Waals surface area contributed by atoms with Gasteiger partial charge in [0.1, 0.15) is 0 Å². The maximum absolute atomic E-state index is 12.3. The first kappa shape index (κ1) is 16.4. The zero-order valence-electron chi connectivity index (χ0n) is 12.3. The van der Waals surface area contributed by atoms with Gasteiger partial charge in [-0.25, -0.2) is 13.1 Å². The molecule has 1 aromatic heterocycles. The molecule has 1 fully saturated rings. The van der Waals surface area contributed by atoms with Gasteiger partial charge >= 0.3 is 0 Å². The number of ether oxygens (including phenoxy) is 1. The number of rotatable bonds is 6. The number of aromatic nitrogens is 2. The molecular formula is C12H22N4O4S. The minimum absolute atomic E-state index is 0.128. The van der Waals surface area contributed by atoms with Gasteiger partial charge in [0.2, 0.25) is 0 Å². The van der Waals surface area contributed by atoms with E-state index in [1.54, 1.807) is 6.92 Å². The largest absolute Gasteiger partial charge is 0.392 e. The minimum atomic E-state index is -3.74. The molecule has 2 rings (SSSR count). The smallest absolute Gasteiger partial charge is 0.260 e. The maximum Gasteiger partial charge on any atom is 0.260 e. The predicted octanol–water partition coefficient (Wildman–Crippen LogP) is -0.791. The van der Waals surface area contributed by atoms with Crippen molar-refractivity contribution in [3.63, 3.8) is 0 Å². The Hall–Kier alpha value is -1.00. The third kappa shape index (κ3) is 4.01. The van der Waals surface area contributed by atoms with E-state index in [4.69, 9.17) is 4.74 Å². The van der Waals surface area contributed by atoms with Gasteiger partial charge in [0.15, 0.2) is 5.03 Å². The minimum Gasteiger partial charge on any atom is -0.392 e. The van der Waals surface area contributed by atoms with E-state index in [0.717, 1.165) is 13.1 Å². The number of aryl methyl sites for hydroxylation is 1. The molecule has 0 aliphatic carbocycles. The molecule has 0 amide bonds. The van der Waals surface area contributed by atoms with Crippen molar-refractivity contribution in [3.05, 3.63) is 11.3 Å². The van der Waals surface area contributed by atoms with Gasteiger partial charge in [-0.2, -0.15) is 5.10 Å². The highest BCUT2D eigenvalue weighted by Gasteiger charge is 2.26. The van der Waals surface area contributed by atoms with Crippen LogP contribution in [0.3, 0.4) is 0 Å². The van der Waals surface area contributed by atoms with Crippen LogP contribution < -0.4 is 4.72 Å². The Labute approximate surface area is 124 Å². The van der Waals surface area contributed by atoms with Gasteiger partial charge in [0.05, 0.1) is 19.8 Å². The number of H-pyrrole nitrogens is 1. The van der Waals surface area contributed by atoms with Crippen LogP contribution in [0.4, 0.5) is 0 Å². The predicted molar refractivity (Wildman–Crippen MR) is 76.3 cm³/mol. The van der Waals surface area contributed by atoms with Crippen molar-refractivity contribution in [2.45, 2.75) is 31.5 Å². The maximum atomic E-state index is 12.3.